The Morgan fingerprint density at radius 3 is 2.42 bits per heavy atom. The van der Waals surface area contributed by atoms with Gasteiger partial charge in [-0.25, -0.2) is 4.39 Å². The second-order valence-electron chi connectivity index (χ2n) is 8.99. The molecule has 0 atom stereocenters. The van der Waals surface area contributed by atoms with Crippen molar-refractivity contribution in [1.82, 2.24) is 19.9 Å². The summed E-state index contributed by atoms with van der Waals surface area (Å²) in [6.07, 6.45) is 10.1. The average Bonchev–Trinajstić information content (AvgIpc) is 3.35. The SMILES string of the molecule is COc1ccc(Nc2nc(NCCCN3CCCC3)nc(NCC3CCCCC3)n2)cc1F. The molecule has 4 rings (SSSR count). The normalized spacial score (nSPS) is 17.2. The maximum atomic E-state index is 14.1. The number of methoxy groups -OCH3 is 1. The first-order valence-electron chi connectivity index (χ1n) is 12.3. The van der Waals surface area contributed by atoms with Gasteiger partial charge in [0.25, 0.3) is 0 Å². The van der Waals surface area contributed by atoms with E-state index in [1.807, 2.05) is 0 Å². The van der Waals surface area contributed by atoms with E-state index in [2.05, 4.69) is 35.8 Å². The molecule has 0 radical (unpaired) electrons. The molecule has 1 aromatic carbocycles. The summed E-state index contributed by atoms with van der Waals surface area (Å²) in [6.45, 7) is 5.14. The van der Waals surface area contributed by atoms with Crippen LogP contribution in [0.5, 0.6) is 5.75 Å². The molecular weight excluding hydrogens is 421 g/mol. The van der Waals surface area contributed by atoms with Gasteiger partial charge < -0.3 is 25.6 Å². The van der Waals surface area contributed by atoms with Gasteiger partial charge in [0.1, 0.15) is 0 Å². The summed E-state index contributed by atoms with van der Waals surface area (Å²) in [6, 6.07) is 4.70. The van der Waals surface area contributed by atoms with E-state index in [1.54, 1.807) is 12.1 Å². The van der Waals surface area contributed by atoms with Crippen molar-refractivity contribution < 1.29 is 9.13 Å². The molecule has 2 heterocycles. The zero-order valence-corrected chi connectivity index (χ0v) is 19.6. The van der Waals surface area contributed by atoms with Gasteiger partial charge in [0, 0.05) is 24.8 Å². The van der Waals surface area contributed by atoms with Crippen LogP contribution in [-0.2, 0) is 0 Å². The minimum atomic E-state index is -0.438. The number of ether oxygens (including phenoxy) is 1. The van der Waals surface area contributed by atoms with Crippen LogP contribution in [0.3, 0.4) is 0 Å². The van der Waals surface area contributed by atoms with Crippen molar-refractivity contribution in [3.63, 3.8) is 0 Å². The highest BCUT2D eigenvalue weighted by Gasteiger charge is 2.15. The fourth-order valence-corrected chi connectivity index (χ4v) is 4.60. The summed E-state index contributed by atoms with van der Waals surface area (Å²) in [4.78, 5) is 16.1. The van der Waals surface area contributed by atoms with Crippen LogP contribution < -0.4 is 20.7 Å². The van der Waals surface area contributed by atoms with E-state index in [0.717, 1.165) is 26.1 Å². The Hall–Kier alpha value is -2.68. The number of rotatable bonds is 11. The van der Waals surface area contributed by atoms with Crippen LogP contribution in [0.1, 0.15) is 51.4 Å². The van der Waals surface area contributed by atoms with Crippen LogP contribution in [-0.4, -0.2) is 59.7 Å². The van der Waals surface area contributed by atoms with Crippen molar-refractivity contribution in [2.75, 3.05) is 55.8 Å². The third-order valence-corrected chi connectivity index (χ3v) is 6.45. The van der Waals surface area contributed by atoms with Crippen LogP contribution in [0, 0.1) is 11.7 Å². The van der Waals surface area contributed by atoms with E-state index in [0.29, 0.717) is 29.5 Å². The van der Waals surface area contributed by atoms with Crippen LogP contribution in [0.4, 0.5) is 27.9 Å². The Morgan fingerprint density at radius 1 is 0.970 bits per heavy atom. The Morgan fingerprint density at radius 2 is 1.70 bits per heavy atom. The molecule has 1 saturated carbocycles. The lowest BCUT2D eigenvalue weighted by Crippen LogP contribution is -2.23. The van der Waals surface area contributed by atoms with Gasteiger partial charge in [-0.05, 0) is 69.8 Å². The largest absolute Gasteiger partial charge is 0.494 e. The molecule has 9 heteroatoms. The van der Waals surface area contributed by atoms with Crippen LogP contribution >= 0.6 is 0 Å². The highest BCUT2D eigenvalue weighted by atomic mass is 19.1. The molecule has 8 nitrogen and oxygen atoms in total. The highest BCUT2D eigenvalue weighted by molar-refractivity contribution is 5.57. The van der Waals surface area contributed by atoms with E-state index in [4.69, 9.17) is 4.74 Å². The number of hydrogen-bond acceptors (Lipinski definition) is 8. The first kappa shape index (κ1) is 23.5. The molecule has 1 aliphatic carbocycles. The number of likely N-dealkylation sites (tertiary alicyclic amines) is 1. The maximum absolute atomic E-state index is 14.1. The Kier molecular flexibility index (Phi) is 8.52. The Balaban J connectivity index is 1.41. The van der Waals surface area contributed by atoms with Crippen LogP contribution in [0.25, 0.3) is 0 Å². The number of anilines is 4. The second-order valence-corrected chi connectivity index (χ2v) is 8.99. The third-order valence-electron chi connectivity index (χ3n) is 6.45. The number of aromatic nitrogens is 3. The molecule has 0 unspecified atom stereocenters. The van der Waals surface area contributed by atoms with Gasteiger partial charge in [-0.15, -0.1) is 0 Å². The van der Waals surface area contributed by atoms with Gasteiger partial charge in [0.15, 0.2) is 11.6 Å². The molecule has 2 aliphatic rings. The van der Waals surface area contributed by atoms with Crippen molar-refractivity contribution in [3.8, 4) is 5.75 Å². The van der Waals surface area contributed by atoms with Crippen molar-refractivity contribution in [3.05, 3.63) is 24.0 Å². The minimum Gasteiger partial charge on any atom is -0.494 e. The molecular formula is C24H36FN7O. The minimum absolute atomic E-state index is 0.200. The third kappa shape index (κ3) is 7.15. The predicted octanol–water partition coefficient (Wildman–Crippen LogP) is 4.65. The zero-order chi connectivity index (χ0) is 22.9. The van der Waals surface area contributed by atoms with Crippen molar-refractivity contribution in [1.29, 1.82) is 0 Å². The molecule has 1 saturated heterocycles. The lowest BCUT2D eigenvalue weighted by Gasteiger charge is -2.22. The lowest BCUT2D eigenvalue weighted by molar-refractivity contribution is 0.337. The van der Waals surface area contributed by atoms with Gasteiger partial charge in [-0.2, -0.15) is 15.0 Å². The summed E-state index contributed by atoms with van der Waals surface area (Å²) in [5, 5.41) is 9.84. The summed E-state index contributed by atoms with van der Waals surface area (Å²) in [5.41, 5.74) is 0.553. The lowest BCUT2D eigenvalue weighted by atomic mass is 9.89. The maximum Gasteiger partial charge on any atom is 0.233 e. The molecule has 180 valence electrons. The smallest absolute Gasteiger partial charge is 0.233 e. The van der Waals surface area contributed by atoms with E-state index >= 15 is 0 Å². The molecule has 0 spiro atoms. The topological polar surface area (TPSA) is 87.2 Å². The van der Waals surface area contributed by atoms with E-state index in [1.165, 1.54) is 71.2 Å². The Labute approximate surface area is 195 Å². The molecule has 3 N–H and O–H groups in total. The summed E-state index contributed by atoms with van der Waals surface area (Å²) >= 11 is 0. The number of nitrogens with zero attached hydrogens (tertiary/aromatic N) is 4. The summed E-state index contributed by atoms with van der Waals surface area (Å²) in [5.74, 6) is 1.85. The van der Waals surface area contributed by atoms with Crippen molar-refractivity contribution in [2.45, 2.75) is 51.4 Å². The van der Waals surface area contributed by atoms with E-state index in [9.17, 15) is 4.39 Å². The van der Waals surface area contributed by atoms with Crippen molar-refractivity contribution in [2.24, 2.45) is 5.92 Å². The fraction of sp³-hybridized carbons (Fsp3) is 0.625. The molecule has 2 fully saturated rings. The molecule has 0 bridgehead atoms. The first-order valence-corrected chi connectivity index (χ1v) is 12.3. The highest BCUT2D eigenvalue weighted by Crippen LogP contribution is 2.25. The second kappa shape index (κ2) is 12.0. The summed E-state index contributed by atoms with van der Waals surface area (Å²) < 4.78 is 19.1. The van der Waals surface area contributed by atoms with Gasteiger partial charge in [-0.3, -0.25) is 0 Å². The molecule has 1 aliphatic heterocycles. The van der Waals surface area contributed by atoms with Gasteiger partial charge in [0.05, 0.1) is 7.11 Å². The standard InChI is InChI=1S/C24H36FN7O/c1-33-21-11-10-19(16-20(21)25)28-24-30-22(26-12-7-15-32-13-5-6-14-32)29-23(31-24)27-17-18-8-3-2-4-9-18/h10-11,16,18H,2-9,12-15,17H2,1H3,(H3,26,27,28,29,30,31). The monoisotopic (exact) mass is 457 g/mol. The number of hydrogen-bond donors (Lipinski definition) is 3. The average molecular weight is 458 g/mol. The first-order chi connectivity index (χ1) is 16.2. The number of benzene rings is 1. The van der Waals surface area contributed by atoms with E-state index < -0.39 is 5.82 Å². The molecule has 0 amide bonds. The molecule has 1 aromatic heterocycles. The number of halogens is 1. The Bertz CT molecular complexity index is 885. The zero-order valence-electron chi connectivity index (χ0n) is 19.6. The van der Waals surface area contributed by atoms with Crippen molar-refractivity contribution >= 4 is 23.5 Å². The fourth-order valence-electron chi connectivity index (χ4n) is 4.60. The molecule has 2 aromatic rings. The number of nitrogens with one attached hydrogen (secondary N) is 3. The summed E-state index contributed by atoms with van der Waals surface area (Å²) in [7, 11) is 1.45. The quantitative estimate of drug-likeness (QED) is 0.420. The van der Waals surface area contributed by atoms with Crippen LogP contribution in [0.2, 0.25) is 0 Å². The molecule has 33 heavy (non-hydrogen) atoms. The van der Waals surface area contributed by atoms with E-state index in [-0.39, 0.29) is 5.75 Å². The van der Waals surface area contributed by atoms with Gasteiger partial charge >= 0.3 is 0 Å². The van der Waals surface area contributed by atoms with Gasteiger partial charge in [0.2, 0.25) is 17.8 Å². The van der Waals surface area contributed by atoms with Crippen LogP contribution in [0.15, 0.2) is 18.2 Å². The predicted molar refractivity (Wildman–Crippen MR) is 130 cm³/mol. The van der Waals surface area contributed by atoms with Gasteiger partial charge in [-0.1, -0.05) is 19.3 Å².